The maximum absolute atomic E-state index is 13.4. The first-order chi connectivity index (χ1) is 13.4. The van der Waals surface area contributed by atoms with Crippen LogP contribution in [0.25, 0.3) is 12.2 Å². The highest BCUT2D eigenvalue weighted by atomic mass is 16.3. The van der Waals surface area contributed by atoms with Gasteiger partial charge in [0.15, 0.2) is 5.78 Å². The van der Waals surface area contributed by atoms with Gasteiger partial charge in [-0.05, 0) is 48.7 Å². The second-order valence-electron chi connectivity index (χ2n) is 6.83. The summed E-state index contributed by atoms with van der Waals surface area (Å²) in [6.45, 7) is 3.82. The maximum Gasteiger partial charge on any atom is 0.272 e. The third-order valence-corrected chi connectivity index (χ3v) is 4.67. The Labute approximate surface area is 164 Å². The van der Waals surface area contributed by atoms with Crippen LogP contribution in [0.5, 0.6) is 0 Å². The van der Waals surface area contributed by atoms with E-state index in [-0.39, 0.29) is 11.3 Å². The molecule has 0 saturated heterocycles. The van der Waals surface area contributed by atoms with Crippen molar-refractivity contribution in [2.45, 2.75) is 20.3 Å². The Morgan fingerprint density at radius 1 is 1.18 bits per heavy atom. The lowest BCUT2D eigenvalue weighted by Crippen LogP contribution is -2.27. The molecule has 0 spiro atoms. The van der Waals surface area contributed by atoms with E-state index in [2.05, 4.69) is 4.98 Å². The summed E-state index contributed by atoms with van der Waals surface area (Å²) < 4.78 is 5.30. The lowest BCUT2D eigenvalue weighted by molar-refractivity contribution is 0.103. The number of nitrogens with one attached hydrogen (secondary N) is 1. The Balaban J connectivity index is 2.08. The molecule has 28 heavy (non-hydrogen) atoms. The molecule has 2 aromatic heterocycles. The molecule has 2 heterocycles. The third kappa shape index (κ3) is 3.83. The lowest BCUT2D eigenvalue weighted by Gasteiger charge is -2.20. The molecule has 3 rings (SSSR count). The van der Waals surface area contributed by atoms with Crippen LogP contribution >= 0.6 is 0 Å². The first-order valence-corrected chi connectivity index (χ1v) is 9.21. The highest BCUT2D eigenvalue weighted by Crippen LogP contribution is 2.25. The fourth-order valence-electron chi connectivity index (χ4n) is 3.35. The Hall–Kier alpha value is -3.34. The van der Waals surface area contributed by atoms with Gasteiger partial charge in [0, 0.05) is 25.4 Å². The van der Waals surface area contributed by atoms with Crippen LogP contribution in [-0.4, -0.2) is 24.9 Å². The van der Waals surface area contributed by atoms with Crippen LogP contribution in [-0.2, 0) is 6.42 Å². The van der Waals surface area contributed by atoms with Crippen LogP contribution in [0.2, 0.25) is 0 Å². The average molecular weight is 376 g/mol. The van der Waals surface area contributed by atoms with Crippen molar-refractivity contribution in [3.63, 3.8) is 0 Å². The van der Waals surface area contributed by atoms with Crippen molar-refractivity contribution in [3.8, 4) is 0 Å². The number of carbonyl (C=O) groups excluding carboxylic acids is 1. The van der Waals surface area contributed by atoms with E-state index >= 15 is 0 Å². The number of benzene rings is 1. The minimum absolute atomic E-state index is 0.150. The van der Waals surface area contributed by atoms with Crippen molar-refractivity contribution in [1.29, 1.82) is 0 Å². The largest absolute Gasteiger partial charge is 0.465 e. The number of aromatic amines is 1. The van der Waals surface area contributed by atoms with Gasteiger partial charge in [0.25, 0.3) is 5.56 Å². The van der Waals surface area contributed by atoms with Gasteiger partial charge in [-0.3, -0.25) is 9.59 Å². The average Bonchev–Trinajstić information content (AvgIpc) is 3.18. The predicted octanol–water partition coefficient (Wildman–Crippen LogP) is 4.31. The summed E-state index contributed by atoms with van der Waals surface area (Å²) in [7, 11) is 3.55. The third-order valence-electron chi connectivity index (χ3n) is 4.67. The number of aromatic nitrogens is 1. The van der Waals surface area contributed by atoms with Gasteiger partial charge < -0.3 is 14.3 Å². The van der Waals surface area contributed by atoms with Crippen LogP contribution in [0.15, 0.2) is 51.9 Å². The molecule has 0 aliphatic heterocycles. The van der Waals surface area contributed by atoms with Gasteiger partial charge in [0.2, 0.25) is 0 Å². The summed E-state index contributed by atoms with van der Waals surface area (Å²) in [5.74, 6) is 0.591. The van der Waals surface area contributed by atoms with Crippen molar-refractivity contribution in [2.75, 3.05) is 19.0 Å². The highest BCUT2D eigenvalue weighted by molar-refractivity contribution is 6.13. The molecule has 0 saturated carbocycles. The Morgan fingerprint density at radius 2 is 1.96 bits per heavy atom. The second kappa shape index (κ2) is 8.13. The molecule has 5 heteroatoms. The van der Waals surface area contributed by atoms with Gasteiger partial charge in [0.1, 0.15) is 11.4 Å². The summed E-state index contributed by atoms with van der Waals surface area (Å²) in [6.07, 6.45) is 6.02. The van der Waals surface area contributed by atoms with Gasteiger partial charge in [-0.1, -0.05) is 31.2 Å². The topological polar surface area (TPSA) is 66.3 Å². The van der Waals surface area contributed by atoms with Crippen molar-refractivity contribution < 1.29 is 9.21 Å². The van der Waals surface area contributed by atoms with Gasteiger partial charge in [-0.15, -0.1) is 0 Å². The second-order valence-corrected chi connectivity index (χ2v) is 6.83. The van der Waals surface area contributed by atoms with E-state index in [4.69, 9.17) is 4.42 Å². The normalized spacial score (nSPS) is 11.1. The molecular weight excluding hydrogens is 352 g/mol. The van der Waals surface area contributed by atoms with Gasteiger partial charge in [-0.25, -0.2) is 0 Å². The zero-order chi connectivity index (χ0) is 20.3. The van der Waals surface area contributed by atoms with E-state index in [1.807, 2.05) is 56.3 Å². The SMILES string of the molecule is CCc1c(C)[nH]c(=O)c(N(C)C)c1C(=O)c1cccc(/C=C\c2ccco2)c1. The van der Waals surface area contributed by atoms with E-state index < -0.39 is 0 Å². The molecule has 1 aromatic carbocycles. The smallest absolute Gasteiger partial charge is 0.272 e. The number of furan rings is 1. The van der Waals surface area contributed by atoms with E-state index in [1.165, 1.54) is 0 Å². The number of pyridine rings is 1. The number of hydrogen-bond donors (Lipinski definition) is 1. The molecule has 0 fully saturated rings. The van der Waals surface area contributed by atoms with Crippen LogP contribution < -0.4 is 10.5 Å². The standard InChI is InChI=1S/C23H24N2O3/c1-5-19-15(2)24-23(27)21(25(3)4)20(19)22(26)17-9-6-8-16(14-17)11-12-18-10-7-13-28-18/h6-14H,5H2,1-4H3,(H,24,27)/b12-11-. The van der Waals surface area contributed by atoms with Crippen LogP contribution in [0.4, 0.5) is 5.69 Å². The fourth-order valence-corrected chi connectivity index (χ4v) is 3.35. The number of rotatable bonds is 6. The summed E-state index contributed by atoms with van der Waals surface area (Å²) >= 11 is 0. The molecule has 3 aromatic rings. The molecule has 0 radical (unpaired) electrons. The molecular formula is C23H24N2O3. The molecule has 5 nitrogen and oxygen atoms in total. The molecule has 0 amide bonds. The van der Waals surface area contributed by atoms with E-state index in [1.54, 1.807) is 31.3 Å². The summed E-state index contributed by atoms with van der Waals surface area (Å²) in [5, 5.41) is 0. The first kappa shape index (κ1) is 19.4. The summed E-state index contributed by atoms with van der Waals surface area (Å²) in [6, 6.07) is 11.1. The van der Waals surface area contributed by atoms with Crippen LogP contribution in [0.3, 0.4) is 0 Å². The summed E-state index contributed by atoms with van der Waals surface area (Å²) in [5.41, 5.74) is 3.64. The highest BCUT2D eigenvalue weighted by Gasteiger charge is 2.23. The number of H-pyrrole nitrogens is 1. The first-order valence-electron chi connectivity index (χ1n) is 9.21. The number of aryl methyl sites for hydroxylation is 1. The number of nitrogens with zero attached hydrogens (tertiary/aromatic N) is 1. The Bertz CT molecular complexity index is 1070. The zero-order valence-corrected chi connectivity index (χ0v) is 16.6. The monoisotopic (exact) mass is 376 g/mol. The fraction of sp³-hybridized carbons (Fsp3) is 0.217. The molecule has 1 N–H and O–H groups in total. The van der Waals surface area contributed by atoms with Crippen molar-refractivity contribution >= 4 is 23.6 Å². The van der Waals surface area contributed by atoms with Crippen molar-refractivity contribution in [3.05, 3.63) is 86.7 Å². The number of ketones is 1. The van der Waals surface area contributed by atoms with Gasteiger partial charge >= 0.3 is 0 Å². The Kier molecular flexibility index (Phi) is 5.64. The lowest BCUT2D eigenvalue weighted by atomic mass is 9.93. The van der Waals surface area contributed by atoms with E-state index in [0.717, 1.165) is 22.6 Å². The maximum atomic E-state index is 13.4. The molecule has 144 valence electrons. The molecule has 0 aliphatic rings. The van der Waals surface area contributed by atoms with Crippen molar-refractivity contribution in [2.24, 2.45) is 0 Å². The molecule has 0 unspecified atom stereocenters. The van der Waals surface area contributed by atoms with E-state index in [9.17, 15) is 9.59 Å². The quantitative estimate of drug-likeness (QED) is 0.651. The van der Waals surface area contributed by atoms with Crippen LogP contribution in [0.1, 0.15) is 45.4 Å². The zero-order valence-electron chi connectivity index (χ0n) is 16.6. The predicted molar refractivity (Wildman–Crippen MR) is 113 cm³/mol. The summed E-state index contributed by atoms with van der Waals surface area (Å²) in [4.78, 5) is 30.5. The van der Waals surface area contributed by atoms with Gasteiger partial charge in [-0.2, -0.15) is 0 Å². The Morgan fingerprint density at radius 3 is 2.61 bits per heavy atom. The minimum Gasteiger partial charge on any atom is -0.465 e. The molecule has 0 atom stereocenters. The van der Waals surface area contributed by atoms with E-state index in [0.29, 0.717) is 23.2 Å². The molecule has 0 aliphatic carbocycles. The number of carbonyl (C=O) groups is 1. The minimum atomic E-state index is -0.253. The van der Waals surface area contributed by atoms with Crippen molar-refractivity contribution in [1.82, 2.24) is 4.98 Å². The number of anilines is 1. The van der Waals surface area contributed by atoms with Crippen LogP contribution in [0, 0.1) is 6.92 Å². The van der Waals surface area contributed by atoms with Gasteiger partial charge in [0.05, 0.1) is 11.8 Å². The number of hydrogen-bond acceptors (Lipinski definition) is 4. The molecule has 0 bridgehead atoms.